The predicted octanol–water partition coefficient (Wildman–Crippen LogP) is 3.60. The molecule has 0 unspecified atom stereocenters. The number of aromatic nitrogens is 4. The Morgan fingerprint density at radius 1 is 0.970 bits per heavy atom. The molecule has 0 amide bonds. The molecule has 0 bridgehead atoms. The van der Waals surface area contributed by atoms with E-state index in [4.69, 9.17) is 4.98 Å². The molecule has 3 aromatic rings. The first-order valence-corrected chi connectivity index (χ1v) is 11.8. The van der Waals surface area contributed by atoms with E-state index in [9.17, 15) is 0 Å². The molecular formula is C26H33N7. The average Bonchev–Trinajstić information content (AvgIpc) is 3.27. The van der Waals surface area contributed by atoms with Gasteiger partial charge in [0.25, 0.3) is 0 Å². The minimum absolute atomic E-state index is 0.703. The van der Waals surface area contributed by atoms with Crippen molar-refractivity contribution in [3.05, 3.63) is 54.8 Å². The van der Waals surface area contributed by atoms with Gasteiger partial charge in [0.2, 0.25) is 0 Å². The van der Waals surface area contributed by atoms with Crippen LogP contribution < -0.4 is 4.90 Å². The molecule has 0 N–H and O–H groups in total. The number of hydrogen-bond acceptors (Lipinski definition) is 6. The lowest BCUT2D eigenvalue weighted by molar-refractivity contribution is 0.0982. The number of hydrogen-bond donors (Lipinski definition) is 0. The topological polar surface area (TPSA) is 52.8 Å². The second-order valence-electron chi connectivity index (χ2n) is 9.21. The predicted molar refractivity (Wildman–Crippen MR) is 135 cm³/mol. The van der Waals surface area contributed by atoms with Crippen molar-refractivity contribution in [2.24, 2.45) is 0 Å². The molecule has 0 atom stereocenters. The van der Waals surface area contributed by atoms with E-state index in [1.165, 1.54) is 39.0 Å². The molecule has 172 valence electrons. The summed E-state index contributed by atoms with van der Waals surface area (Å²) in [5.41, 5.74) is 6.73. The van der Waals surface area contributed by atoms with Gasteiger partial charge in [-0.25, -0.2) is 9.50 Å². The van der Waals surface area contributed by atoms with Gasteiger partial charge in [0.05, 0.1) is 30.0 Å². The number of pyridine rings is 1. The van der Waals surface area contributed by atoms with E-state index in [1.54, 1.807) is 6.08 Å². The highest BCUT2D eigenvalue weighted by Crippen LogP contribution is 2.31. The normalized spacial score (nSPS) is 18.7. The Morgan fingerprint density at radius 2 is 1.73 bits per heavy atom. The summed E-state index contributed by atoms with van der Waals surface area (Å²) >= 11 is 0. The van der Waals surface area contributed by atoms with E-state index in [0.717, 1.165) is 52.5 Å². The Kier molecular flexibility index (Phi) is 6.00. The molecule has 0 saturated carbocycles. The van der Waals surface area contributed by atoms with Gasteiger partial charge in [-0.1, -0.05) is 19.2 Å². The zero-order valence-corrected chi connectivity index (χ0v) is 19.7. The van der Waals surface area contributed by atoms with Gasteiger partial charge in [-0.3, -0.25) is 9.88 Å². The molecule has 0 aromatic carbocycles. The van der Waals surface area contributed by atoms with E-state index in [1.807, 2.05) is 29.9 Å². The van der Waals surface area contributed by atoms with Crippen molar-refractivity contribution in [1.29, 1.82) is 0 Å². The average molecular weight is 444 g/mol. The van der Waals surface area contributed by atoms with E-state index in [-0.39, 0.29) is 0 Å². The number of likely N-dealkylation sites (N-methyl/N-ethyl adjacent to an activating group) is 1. The molecule has 0 aliphatic carbocycles. The lowest BCUT2D eigenvalue weighted by atomic mass is 9.99. The highest BCUT2D eigenvalue weighted by molar-refractivity contribution is 5.86. The van der Waals surface area contributed by atoms with Crippen LogP contribution in [-0.2, 0) is 0 Å². The van der Waals surface area contributed by atoms with Crippen molar-refractivity contribution in [3.8, 4) is 11.1 Å². The molecule has 0 radical (unpaired) electrons. The number of anilines is 1. The lowest BCUT2D eigenvalue weighted by Crippen LogP contribution is -2.52. The SMILES string of the molecule is C=Cc1nc(C)cc(-c2cnn3cc(N4CCC(N5CCN(C)CC5)CC4)cnc23)c1C=C. The maximum atomic E-state index is 4.83. The van der Waals surface area contributed by atoms with Crippen LogP contribution in [0, 0.1) is 6.92 Å². The van der Waals surface area contributed by atoms with Crippen molar-refractivity contribution in [2.75, 3.05) is 51.2 Å². The zero-order valence-electron chi connectivity index (χ0n) is 19.7. The van der Waals surface area contributed by atoms with Crippen LogP contribution in [0.2, 0.25) is 0 Å². The summed E-state index contributed by atoms with van der Waals surface area (Å²) in [7, 11) is 2.22. The van der Waals surface area contributed by atoms with Crippen LogP contribution in [0.4, 0.5) is 5.69 Å². The Morgan fingerprint density at radius 3 is 2.42 bits per heavy atom. The van der Waals surface area contributed by atoms with Crippen molar-refractivity contribution in [3.63, 3.8) is 0 Å². The Balaban J connectivity index is 1.36. The number of piperidine rings is 1. The maximum absolute atomic E-state index is 4.83. The Labute approximate surface area is 196 Å². The number of nitrogens with zero attached hydrogens (tertiary/aromatic N) is 7. The number of fused-ring (bicyclic) bond motifs is 1. The monoisotopic (exact) mass is 443 g/mol. The fraction of sp³-hybridized carbons (Fsp3) is 0.423. The Bertz CT molecular complexity index is 1160. The molecule has 5 rings (SSSR count). The third-order valence-electron chi connectivity index (χ3n) is 7.13. The van der Waals surface area contributed by atoms with Gasteiger partial charge in [0.15, 0.2) is 5.65 Å². The fourth-order valence-electron chi connectivity index (χ4n) is 5.19. The van der Waals surface area contributed by atoms with E-state index < -0.39 is 0 Å². The van der Waals surface area contributed by atoms with Crippen LogP contribution in [0.1, 0.15) is 29.8 Å². The first kappa shape index (κ1) is 21.8. The molecule has 0 spiro atoms. The molecule has 7 nitrogen and oxygen atoms in total. The Hall–Kier alpha value is -3.03. The first-order valence-electron chi connectivity index (χ1n) is 11.8. The van der Waals surface area contributed by atoms with Crippen molar-refractivity contribution < 1.29 is 0 Å². The van der Waals surface area contributed by atoms with Crippen molar-refractivity contribution in [2.45, 2.75) is 25.8 Å². The summed E-state index contributed by atoms with van der Waals surface area (Å²) in [6, 6.07) is 2.77. The lowest BCUT2D eigenvalue weighted by Gasteiger charge is -2.42. The zero-order chi connectivity index (χ0) is 22.9. The van der Waals surface area contributed by atoms with Crippen LogP contribution in [0.5, 0.6) is 0 Å². The number of aryl methyl sites for hydroxylation is 1. The number of rotatable bonds is 5. The smallest absolute Gasteiger partial charge is 0.162 e. The summed E-state index contributed by atoms with van der Waals surface area (Å²) in [5.74, 6) is 0. The van der Waals surface area contributed by atoms with Gasteiger partial charge in [-0.05, 0) is 44.5 Å². The van der Waals surface area contributed by atoms with Crippen LogP contribution in [-0.4, -0.2) is 81.7 Å². The van der Waals surface area contributed by atoms with Gasteiger partial charge in [-0.2, -0.15) is 5.10 Å². The number of piperazine rings is 1. The van der Waals surface area contributed by atoms with Gasteiger partial charge in [0.1, 0.15) is 0 Å². The highest BCUT2D eigenvalue weighted by Gasteiger charge is 2.27. The molecule has 2 aliphatic rings. The molecule has 2 fully saturated rings. The van der Waals surface area contributed by atoms with E-state index >= 15 is 0 Å². The molecular weight excluding hydrogens is 410 g/mol. The van der Waals surface area contributed by atoms with Crippen molar-refractivity contribution in [1.82, 2.24) is 29.4 Å². The van der Waals surface area contributed by atoms with Crippen LogP contribution in [0.25, 0.3) is 28.9 Å². The summed E-state index contributed by atoms with van der Waals surface area (Å²) in [6.45, 7) is 16.8. The summed E-state index contributed by atoms with van der Waals surface area (Å²) in [4.78, 5) is 17.0. The molecule has 33 heavy (non-hydrogen) atoms. The largest absolute Gasteiger partial charge is 0.369 e. The molecule has 3 aromatic heterocycles. The second kappa shape index (κ2) is 9.08. The van der Waals surface area contributed by atoms with E-state index in [0.29, 0.717) is 6.04 Å². The summed E-state index contributed by atoms with van der Waals surface area (Å²) in [5, 5.41) is 4.64. The van der Waals surface area contributed by atoms with Crippen LogP contribution in [0.15, 0.2) is 37.8 Å². The summed E-state index contributed by atoms with van der Waals surface area (Å²) < 4.78 is 1.90. The van der Waals surface area contributed by atoms with E-state index in [2.05, 4.69) is 57.3 Å². The minimum Gasteiger partial charge on any atom is -0.369 e. The molecule has 2 aliphatic heterocycles. The molecule has 7 heteroatoms. The fourth-order valence-corrected chi connectivity index (χ4v) is 5.19. The highest BCUT2D eigenvalue weighted by atomic mass is 15.3. The standard InChI is InChI=1S/C26H33N7/c1-5-22-23(15-19(3)29-25(22)6-2)24-17-28-33-18-21(16-27-26(24)33)31-9-7-20(8-10-31)32-13-11-30(4)12-14-32/h5-6,15-18,20H,1-2,7-14H2,3-4H3. The maximum Gasteiger partial charge on any atom is 0.162 e. The molecule has 5 heterocycles. The van der Waals surface area contributed by atoms with Crippen LogP contribution >= 0.6 is 0 Å². The third-order valence-corrected chi connectivity index (χ3v) is 7.13. The van der Waals surface area contributed by atoms with Gasteiger partial charge in [0, 0.05) is 62.1 Å². The third kappa shape index (κ3) is 4.18. The van der Waals surface area contributed by atoms with Gasteiger partial charge in [-0.15, -0.1) is 0 Å². The quantitative estimate of drug-likeness (QED) is 0.601. The molecule has 2 saturated heterocycles. The minimum atomic E-state index is 0.703. The summed E-state index contributed by atoms with van der Waals surface area (Å²) in [6.07, 6.45) is 12.0. The second-order valence-corrected chi connectivity index (χ2v) is 9.21. The van der Waals surface area contributed by atoms with Gasteiger partial charge >= 0.3 is 0 Å². The first-order chi connectivity index (χ1) is 16.1. The van der Waals surface area contributed by atoms with Crippen molar-refractivity contribution >= 4 is 23.5 Å². The van der Waals surface area contributed by atoms with Crippen LogP contribution in [0.3, 0.4) is 0 Å². The van der Waals surface area contributed by atoms with Gasteiger partial charge < -0.3 is 9.80 Å².